The number of esters is 1. The summed E-state index contributed by atoms with van der Waals surface area (Å²) < 4.78 is 23.0. The summed E-state index contributed by atoms with van der Waals surface area (Å²) in [7, 11) is 1.50. The second-order valence-corrected chi connectivity index (χ2v) is 8.37. The highest BCUT2D eigenvalue weighted by Gasteiger charge is 2.37. The van der Waals surface area contributed by atoms with Crippen LogP contribution in [0.25, 0.3) is 0 Å². The van der Waals surface area contributed by atoms with Crippen molar-refractivity contribution in [1.82, 2.24) is 0 Å². The van der Waals surface area contributed by atoms with E-state index in [1.165, 1.54) is 7.11 Å². The normalized spacial score (nSPS) is 15.2. The van der Waals surface area contributed by atoms with Crippen molar-refractivity contribution in [2.75, 3.05) is 13.7 Å². The Morgan fingerprint density at radius 3 is 2.62 bits per heavy atom. The molecule has 0 saturated heterocycles. The summed E-state index contributed by atoms with van der Waals surface area (Å²) in [6.07, 6.45) is 0. The lowest BCUT2D eigenvalue weighted by Crippen LogP contribution is -2.25. The second kappa shape index (κ2) is 10.9. The molecule has 1 aliphatic heterocycles. The summed E-state index contributed by atoms with van der Waals surface area (Å²) in [5.41, 5.74) is 8.14. The first-order chi connectivity index (χ1) is 16.4. The maximum absolute atomic E-state index is 12.8. The van der Waals surface area contributed by atoms with Gasteiger partial charge in [-0.05, 0) is 60.2 Å². The Labute approximate surface area is 211 Å². The molecule has 1 aliphatic rings. The Morgan fingerprint density at radius 1 is 1.24 bits per heavy atom. The lowest BCUT2D eigenvalue weighted by Gasteiger charge is -2.27. The third-order valence-electron chi connectivity index (χ3n) is 5.20. The Hall–Kier alpha value is -3.70. The minimum Gasteiger partial charge on any atom is -0.493 e. The van der Waals surface area contributed by atoms with Crippen LogP contribution in [-0.2, 0) is 20.9 Å². The molecule has 0 bridgehead atoms. The molecule has 0 radical (unpaired) electrons. The molecule has 0 aliphatic carbocycles. The van der Waals surface area contributed by atoms with Gasteiger partial charge in [0.1, 0.15) is 24.0 Å². The van der Waals surface area contributed by atoms with E-state index >= 15 is 0 Å². The van der Waals surface area contributed by atoms with E-state index in [1.807, 2.05) is 12.1 Å². The van der Waals surface area contributed by atoms with Crippen LogP contribution in [0.2, 0.25) is 0 Å². The highest BCUT2D eigenvalue weighted by atomic mass is 127. The number of methoxy groups -OCH3 is 1. The molecule has 1 unspecified atom stereocenters. The van der Waals surface area contributed by atoms with E-state index < -0.39 is 11.9 Å². The van der Waals surface area contributed by atoms with Crippen LogP contribution in [0, 0.1) is 26.2 Å². The minimum atomic E-state index is -0.798. The molecule has 0 aromatic heterocycles. The maximum Gasteiger partial charge on any atom is 0.338 e. The van der Waals surface area contributed by atoms with E-state index in [2.05, 4.69) is 34.7 Å². The molecule has 0 fully saturated rings. The minimum absolute atomic E-state index is 0.0690. The standard InChI is InChI=1S/C25H22IN3O5/c1-4-32-25(30)21-14(2)34-24(29)18(12-28)22(21)17-9-19(26)23(20(10-17)31-3)33-13-16-8-6-5-7-15(16)11-27/h5-10,22H,4,13,29H2,1-3H3. The van der Waals surface area contributed by atoms with Gasteiger partial charge in [0.15, 0.2) is 11.5 Å². The number of nitriles is 2. The van der Waals surface area contributed by atoms with Crippen molar-refractivity contribution in [3.05, 3.63) is 79.4 Å². The van der Waals surface area contributed by atoms with E-state index in [-0.39, 0.29) is 36.0 Å². The number of allylic oxidation sites excluding steroid dienone is 2. The number of carbonyl (C=O) groups is 1. The molecule has 0 spiro atoms. The number of hydrogen-bond donors (Lipinski definition) is 1. The van der Waals surface area contributed by atoms with Gasteiger partial charge in [-0.1, -0.05) is 18.2 Å². The van der Waals surface area contributed by atoms with Gasteiger partial charge >= 0.3 is 5.97 Å². The third-order valence-corrected chi connectivity index (χ3v) is 6.00. The van der Waals surface area contributed by atoms with Gasteiger partial charge in [0.2, 0.25) is 5.88 Å². The number of halogens is 1. The lowest BCUT2D eigenvalue weighted by atomic mass is 9.83. The molecule has 2 aromatic rings. The van der Waals surface area contributed by atoms with E-state index in [1.54, 1.807) is 38.1 Å². The van der Waals surface area contributed by atoms with Gasteiger partial charge in [0.05, 0.1) is 40.4 Å². The number of hydrogen-bond acceptors (Lipinski definition) is 8. The summed E-state index contributed by atoms with van der Waals surface area (Å²) in [5, 5.41) is 19.1. The Kier molecular flexibility index (Phi) is 8.03. The van der Waals surface area contributed by atoms with Gasteiger partial charge in [-0.15, -0.1) is 0 Å². The number of benzene rings is 2. The first-order valence-corrected chi connectivity index (χ1v) is 11.4. The van der Waals surface area contributed by atoms with Crippen LogP contribution < -0.4 is 15.2 Å². The molecular weight excluding hydrogens is 549 g/mol. The molecule has 34 heavy (non-hydrogen) atoms. The van der Waals surface area contributed by atoms with Crippen LogP contribution in [-0.4, -0.2) is 19.7 Å². The maximum atomic E-state index is 12.8. The number of carbonyl (C=O) groups excluding carboxylic acids is 1. The first-order valence-electron chi connectivity index (χ1n) is 10.3. The van der Waals surface area contributed by atoms with Gasteiger partial charge in [0.25, 0.3) is 0 Å². The predicted octanol–water partition coefficient (Wildman–Crippen LogP) is 4.40. The van der Waals surface area contributed by atoms with Crippen molar-refractivity contribution in [1.29, 1.82) is 10.5 Å². The van der Waals surface area contributed by atoms with Crippen LogP contribution in [0.15, 0.2) is 59.2 Å². The molecule has 9 heteroatoms. The third kappa shape index (κ3) is 4.95. The van der Waals surface area contributed by atoms with Crippen LogP contribution >= 0.6 is 22.6 Å². The van der Waals surface area contributed by atoms with Gasteiger partial charge in [0, 0.05) is 5.56 Å². The Bertz CT molecular complexity index is 1270. The summed E-state index contributed by atoms with van der Waals surface area (Å²) in [5.74, 6) is -0.316. The summed E-state index contributed by atoms with van der Waals surface area (Å²) in [6.45, 7) is 3.63. The van der Waals surface area contributed by atoms with Crippen molar-refractivity contribution in [3.63, 3.8) is 0 Å². The molecule has 0 saturated carbocycles. The fourth-order valence-corrected chi connectivity index (χ4v) is 4.42. The van der Waals surface area contributed by atoms with Crippen molar-refractivity contribution >= 4 is 28.6 Å². The van der Waals surface area contributed by atoms with E-state index in [0.717, 1.165) is 5.56 Å². The average Bonchev–Trinajstić information content (AvgIpc) is 2.82. The number of nitrogens with two attached hydrogens (primary N) is 1. The highest BCUT2D eigenvalue weighted by Crippen LogP contribution is 2.44. The Balaban J connectivity index is 2.06. The van der Waals surface area contributed by atoms with Crippen molar-refractivity contribution < 1.29 is 23.7 Å². The summed E-state index contributed by atoms with van der Waals surface area (Å²) in [6, 6.07) is 14.9. The van der Waals surface area contributed by atoms with Gasteiger partial charge < -0.3 is 24.7 Å². The van der Waals surface area contributed by atoms with Crippen molar-refractivity contribution in [2.24, 2.45) is 5.73 Å². The van der Waals surface area contributed by atoms with Crippen LogP contribution in [0.1, 0.15) is 36.5 Å². The second-order valence-electron chi connectivity index (χ2n) is 7.21. The Morgan fingerprint density at radius 2 is 1.97 bits per heavy atom. The van der Waals surface area contributed by atoms with Crippen LogP contribution in [0.5, 0.6) is 11.5 Å². The van der Waals surface area contributed by atoms with Gasteiger partial charge in [-0.3, -0.25) is 0 Å². The predicted molar refractivity (Wildman–Crippen MR) is 131 cm³/mol. The summed E-state index contributed by atoms with van der Waals surface area (Å²) in [4.78, 5) is 12.8. The van der Waals surface area contributed by atoms with E-state index in [9.17, 15) is 15.3 Å². The molecule has 8 nitrogen and oxygen atoms in total. The van der Waals surface area contributed by atoms with Crippen molar-refractivity contribution in [2.45, 2.75) is 26.4 Å². The smallest absolute Gasteiger partial charge is 0.338 e. The van der Waals surface area contributed by atoms with E-state index in [0.29, 0.717) is 26.2 Å². The molecule has 0 amide bonds. The number of ether oxygens (including phenoxy) is 4. The zero-order valence-corrected chi connectivity index (χ0v) is 21.0. The van der Waals surface area contributed by atoms with Crippen molar-refractivity contribution in [3.8, 4) is 23.6 Å². The molecule has 1 atom stereocenters. The van der Waals surface area contributed by atoms with Gasteiger partial charge in [-0.2, -0.15) is 10.5 Å². The van der Waals surface area contributed by atoms with E-state index in [4.69, 9.17) is 24.7 Å². The van der Waals surface area contributed by atoms with Gasteiger partial charge in [-0.25, -0.2) is 4.79 Å². The molecule has 1 heterocycles. The monoisotopic (exact) mass is 571 g/mol. The topological polar surface area (TPSA) is 128 Å². The average molecular weight is 571 g/mol. The molecule has 3 rings (SSSR count). The largest absolute Gasteiger partial charge is 0.493 e. The lowest BCUT2D eigenvalue weighted by molar-refractivity contribution is -0.139. The fourth-order valence-electron chi connectivity index (χ4n) is 3.64. The molecule has 2 N–H and O–H groups in total. The molecule has 2 aromatic carbocycles. The quantitative estimate of drug-likeness (QED) is 0.383. The number of rotatable bonds is 7. The highest BCUT2D eigenvalue weighted by molar-refractivity contribution is 14.1. The SMILES string of the molecule is CCOC(=O)C1=C(C)OC(N)=C(C#N)C1c1cc(I)c(OCc2ccccc2C#N)c(OC)c1. The summed E-state index contributed by atoms with van der Waals surface area (Å²) >= 11 is 2.10. The molecule has 174 valence electrons. The fraction of sp³-hybridized carbons (Fsp3) is 0.240. The molecular formula is C25H22IN3O5. The van der Waals surface area contributed by atoms with Crippen LogP contribution in [0.3, 0.4) is 0 Å². The zero-order valence-electron chi connectivity index (χ0n) is 18.8. The number of nitrogens with zero attached hydrogens (tertiary/aromatic N) is 2. The first kappa shape index (κ1) is 24.9. The zero-order chi connectivity index (χ0) is 24.8. The van der Waals surface area contributed by atoms with Crippen LogP contribution in [0.4, 0.5) is 0 Å².